The number of rotatable bonds is 4. The van der Waals surface area contributed by atoms with Crippen LogP contribution in [0, 0.1) is 0 Å². The minimum absolute atomic E-state index is 0.276. The highest BCUT2D eigenvalue weighted by molar-refractivity contribution is 5.74. The van der Waals surface area contributed by atoms with Crippen molar-refractivity contribution >= 4 is 11.3 Å². The Morgan fingerprint density at radius 3 is 2.88 bits per heavy atom. The Kier molecular flexibility index (Phi) is 4.13. The van der Waals surface area contributed by atoms with E-state index in [1.54, 1.807) is 13.3 Å². The van der Waals surface area contributed by atoms with E-state index in [2.05, 4.69) is 40.5 Å². The van der Waals surface area contributed by atoms with Crippen LogP contribution in [0.5, 0.6) is 5.75 Å². The Morgan fingerprint density at radius 1 is 1.28 bits per heavy atom. The van der Waals surface area contributed by atoms with Gasteiger partial charge >= 0.3 is 0 Å². The van der Waals surface area contributed by atoms with Gasteiger partial charge in [-0.25, -0.2) is 15.0 Å². The summed E-state index contributed by atoms with van der Waals surface area (Å²) >= 11 is 0. The van der Waals surface area contributed by atoms with Gasteiger partial charge in [-0.05, 0) is 30.0 Å². The molecule has 0 amide bonds. The molecule has 0 spiro atoms. The molecule has 2 aromatic heterocycles. The van der Waals surface area contributed by atoms with Gasteiger partial charge in [-0.3, -0.25) is 0 Å². The molecule has 1 aliphatic heterocycles. The molecule has 6 heteroatoms. The summed E-state index contributed by atoms with van der Waals surface area (Å²) in [5.41, 5.74) is 4.46. The predicted octanol–water partition coefficient (Wildman–Crippen LogP) is 3.59. The third-order valence-corrected chi connectivity index (χ3v) is 4.75. The number of hydrogen-bond acceptors (Lipinski definition) is 5. The minimum Gasteiger partial charge on any atom is -0.496 e. The number of methoxy groups -OCH3 is 1. The molecule has 25 heavy (non-hydrogen) atoms. The Morgan fingerprint density at radius 2 is 2.16 bits per heavy atom. The van der Waals surface area contributed by atoms with E-state index < -0.39 is 0 Å². The van der Waals surface area contributed by atoms with Gasteiger partial charge < -0.3 is 14.0 Å². The van der Waals surface area contributed by atoms with Crippen LogP contribution in [-0.2, 0) is 4.74 Å². The molecule has 0 saturated carbocycles. The summed E-state index contributed by atoms with van der Waals surface area (Å²) in [5, 5.41) is 0. The lowest BCUT2D eigenvalue weighted by molar-refractivity contribution is 0.187. The third-order valence-electron chi connectivity index (χ3n) is 4.75. The van der Waals surface area contributed by atoms with Gasteiger partial charge in [-0.15, -0.1) is 0 Å². The zero-order valence-corrected chi connectivity index (χ0v) is 14.8. The van der Waals surface area contributed by atoms with Crippen LogP contribution in [0.1, 0.15) is 37.8 Å². The molecule has 6 nitrogen and oxygen atoms in total. The van der Waals surface area contributed by atoms with Crippen molar-refractivity contribution in [2.75, 3.05) is 20.3 Å². The van der Waals surface area contributed by atoms with Gasteiger partial charge in [0.2, 0.25) is 0 Å². The quantitative estimate of drug-likeness (QED) is 0.727. The van der Waals surface area contributed by atoms with Gasteiger partial charge in [0.1, 0.15) is 5.75 Å². The predicted molar refractivity (Wildman–Crippen MR) is 95.9 cm³/mol. The van der Waals surface area contributed by atoms with Crippen LogP contribution in [0.2, 0.25) is 0 Å². The number of hydrogen-bond donors (Lipinski definition) is 0. The van der Waals surface area contributed by atoms with Crippen molar-refractivity contribution in [3.05, 3.63) is 36.3 Å². The van der Waals surface area contributed by atoms with E-state index in [1.165, 1.54) is 5.56 Å². The number of fused-ring (bicyclic) bond motifs is 1. The highest BCUT2D eigenvalue weighted by Gasteiger charge is 2.21. The van der Waals surface area contributed by atoms with Gasteiger partial charge in [0.25, 0.3) is 0 Å². The molecule has 3 heterocycles. The zero-order chi connectivity index (χ0) is 17.4. The van der Waals surface area contributed by atoms with Crippen molar-refractivity contribution in [1.82, 2.24) is 19.5 Å². The second-order valence-electron chi connectivity index (χ2n) is 6.69. The fraction of sp³-hybridized carbons (Fsp3) is 0.421. The highest BCUT2D eigenvalue weighted by atomic mass is 16.5. The molecule has 0 N–H and O–H groups in total. The molecule has 130 valence electrons. The summed E-state index contributed by atoms with van der Waals surface area (Å²) in [4.78, 5) is 13.8. The second-order valence-corrected chi connectivity index (χ2v) is 6.69. The number of imidazole rings is 1. The normalized spacial score (nSPS) is 17.5. The van der Waals surface area contributed by atoms with E-state index in [9.17, 15) is 0 Å². The van der Waals surface area contributed by atoms with Crippen molar-refractivity contribution in [3.8, 4) is 17.0 Å². The molecular formula is C19H22N4O2. The first-order valence-electron chi connectivity index (χ1n) is 8.63. The smallest absolute Gasteiger partial charge is 0.197 e. The second kappa shape index (κ2) is 6.44. The van der Waals surface area contributed by atoms with E-state index in [4.69, 9.17) is 14.5 Å². The molecule has 1 atom stereocenters. The van der Waals surface area contributed by atoms with Crippen molar-refractivity contribution in [2.45, 2.75) is 32.2 Å². The Hall–Kier alpha value is -2.47. The first-order chi connectivity index (χ1) is 12.2. The van der Waals surface area contributed by atoms with E-state index in [1.807, 2.05) is 12.4 Å². The summed E-state index contributed by atoms with van der Waals surface area (Å²) in [7, 11) is 1.68. The average Bonchev–Trinajstić information content (AvgIpc) is 3.29. The van der Waals surface area contributed by atoms with Crippen LogP contribution in [0.15, 0.2) is 30.7 Å². The van der Waals surface area contributed by atoms with Gasteiger partial charge in [0.15, 0.2) is 11.3 Å². The summed E-state index contributed by atoms with van der Waals surface area (Å²) < 4.78 is 13.1. The fourth-order valence-corrected chi connectivity index (χ4v) is 3.23. The molecule has 0 bridgehead atoms. The van der Waals surface area contributed by atoms with Gasteiger partial charge in [-0.1, -0.05) is 19.9 Å². The Balaban J connectivity index is 1.84. The van der Waals surface area contributed by atoms with Gasteiger partial charge in [0.05, 0.1) is 38.0 Å². The van der Waals surface area contributed by atoms with Gasteiger partial charge in [0, 0.05) is 12.2 Å². The standard InChI is InChI=1S/C19H22N4O2/c1-12(2)13-4-5-17(24-3)15(8-13)16-9-20-18-19(22-16)23(11-21-18)14-6-7-25-10-14/h4-5,8-9,11-12,14H,6-7,10H2,1-3H3/t14-/m1/s1. The van der Waals surface area contributed by atoms with Crippen molar-refractivity contribution in [1.29, 1.82) is 0 Å². The van der Waals surface area contributed by atoms with Crippen molar-refractivity contribution < 1.29 is 9.47 Å². The van der Waals surface area contributed by atoms with Crippen LogP contribution >= 0.6 is 0 Å². The van der Waals surface area contributed by atoms with E-state index in [-0.39, 0.29) is 6.04 Å². The lowest BCUT2D eigenvalue weighted by atomic mass is 9.99. The van der Waals surface area contributed by atoms with Gasteiger partial charge in [-0.2, -0.15) is 0 Å². The molecule has 3 aromatic rings. The first kappa shape index (κ1) is 16.0. The molecule has 1 aromatic carbocycles. The maximum Gasteiger partial charge on any atom is 0.197 e. The van der Waals surface area contributed by atoms with Crippen molar-refractivity contribution in [2.24, 2.45) is 0 Å². The number of nitrogens with zero attached hydrogens (tertiary/aromatic N) is 4. The summed E-state index contributed by atoms with van der Waals surface area (Å²) in [5.74, 6) is 1.23. The Bertz CT molecular complexity index is 898. The maximum absolute atomic E-state index is 5.55. The van der Waals surface area contributed by atoms with Crippen LogP contribution in [0.3, 0.4) is 0 Å². The van der Waals surface area contributed by atoms with Crippen LogP contribution in [0.4, 0.5) is 0 Å². The SMILES string of the molecule is COc1ccc(C(C)C)cc1-c1cnc2ncn([C@@H]3CCOC3)c2n1. The maximum atomic E-state index is 5.55. The monoisotopic (exact) mass is 338 g/mol. The molecule has 1 fully saturated rings. The number of ether oxygens (including phenoxy) is 2. The summed E-state index contributed by atoms with van der Waals surface area (Å²) in [6.07, 6.45) is 4.56. The molecule has 1 saturated heterocycles. The molecule has 0 radical (unpaired) electrons. The Labute approximate surface area is 146 Å². The van der Waals surface area contributed by atoms with Crippen LogP contribution in [0.25, 0.3) is 22.6 Å². The third kappa shape index (κ3) is 2.87. The lowest BCUT2D eigenvalue weighted by Gasteiger charge is -2.13. The molecule has 4 rings (SSSR count). The van der Waals surface area contributed by atoms with Crippen LogP contribution in [-0.4, -0.2) is 39.8 Å². The number of benzene rings is 1. The molecular weight excluding hydrogens is 316 g/mol. The average molecular weight is 338 g/mol. The summed E-state index contributed by atoms with van der Waals surface area (Å²) in [6, 6.07) is 6.51. The van der Waals surface area contributed by atoms with E-state index >= 15 is 0 Å². The number of aromatic nitrogens is 4. The fourth-order valence-electron chi connectivity index (χ4n) is 3.23. The summed E-state index contributed by atoms with van der Waals surface area (Å²) in [6.45, 7) is 5.83. The highest BCUT2D eigenvalue weighted by Crippen LogP contribution is 2.32. The molecule has 0 aliphatic carbocycles. The lowest BCUT2D eigenvalue weighted by Crippen LogP contribution is -2.08. The largest absolute Gasteiger partial charge is 0.496 e. The van der Waals surface area contributed by atoms with E-state index in [0.29, 0.717) is 18.2 Å². The van der Waals surface area contributed by atoms with Crippen LogP contribution < -0.4 is 4.74 Å². The molecule has 1 aliphatic rings. The topological polar surface area (TPSA) is 62.1 Å². The van der Waals surface area contributed by atoms with E-state index in [0.717, 1.165) is 35.7 Å². The first-order valence-corrected chi connectivity index (χ1v) is 8.63. The molecule has 0 unspecified atom stereocenters. The minimum atomic E-state index is 0.276. The van der Waals surface area contributed by atoms with Crippen molar-refractivity contribution in [3.63, 3.8) is 0 Å². The zero-order valence-electron chi connectivity index (χ0n) is 14.8.